The van der Waals surface area contributed by atoms with Crippen LogP contribution in [0.5, 0.6) is 0 Å². The van der Waals surface area contributed by atoms with Crippen molar-refractivity contribution in [3.63, 3.8) is 0 Å². The number of nitrogens with two attached hydrogens (primary N) is 1. The predicted molar refractivity (Wildman–Crippen MR) is 76.4 cm³/mol. The van der Waals surface area contributed by atoms with E-state index in [0.717, 1.165) is 17.8 Å². The van der Waals surface area contributed by atoms with Crippen LogP contribution in [0.3, 0.4) is 0 Å². The molecule has 0 unspecified atom stereocenters. The summed E-state index contributed by atoms with van der Waals surface area (Å²) in [7, 11) is 0. The van der Waals surface area contributed by atoms with E-state index in [1.165, 1.54) is 12.1 Å². The van der Waals surface area contributed by atoms with Gasteiger partial charge in [-0.1, -0.05) is 19.1 Å². The molecular weight excluding hydrogens is 241 g/mol. The van der Waals surface area contributed by atoms with Gasteiger partial charge in [0.2, 0.25) is 0 Å². The number of anilines is 1. The van der Waals surface area contributed by atoms with E-state index in [9.17, 15) is 4.39 Å². The minimum absolute atomic E-state index is 0.145. The highest BCUT2D eigenvalue weighted by Gasteiger charge is 2.23. The first-order chi connectivity index (χ1) is 8.84. The van der Waals surface area contributed by atoms with Gasteiger partial charge in [0, 0.05) is 17.5 Å². The summed E-state index contributed by atoms with van der Waals surface area (Å²) in [6.45, 7) is 8.29. The molecule has 2 rings (SSSR count). The Bertz CT molecular complexity index is 594. The molecule has 0 amide bonds. The van der Waals surface area contributed by atoms with Gasteiger partial charge in [-0.3, -0.25) is 0 Å². The first-order valence-electron chi connectivity index (χ1n) is 6.48. The van der Waals surface area contributed by atoms with Crippen molar-refractivity contribution in [2.75, 3.05) is 5.73 Å². The van der Waals surface area contributed by atoms with Gasteiger partial charge < -0.3 is 10.3 Å². The van der Waals surface area contributed by atoms with E-state index in [2.05, 4.69) is 25.8 Å². The Hall–Kier alpha value is -1.84. The molecule has 19 heavy (non-hydrogen) atoms. The van der Waals surface area contributed by atoms with Crippen molar-refractivity contribution < 1.29 is 4.39 Å². The number of halogens is 1. The molecule has 3 nitrogen and oxygen atoms in total. The van der Waals surface area contributed by atoms with Crippen LogP contribution < -0.4 is 5.73 Å². The molecule has 1 aromatic carbocycles. The first kappa shape index (κ1) is 13.6. The molecular formula is C15H20FN3. The maximum absolute atomic E-state index is 13.3. The number of benzene rings is 1. The van der Waals surface area contributed by atoms with Crippen LogP contribution in [0.25, 0.3) is 11.3 Å². The fraction of sp³-hybridized carbons (Fsp3) is 0.400. The Labute approximate surface area is 113 Å². The number of hydrogen-bond acceptors (Lipinski definition) is 2. The molecule has 0 saturated carbocycles. The van der Waals surface area contributed by atoms with E-state index in [4.69, 9.17) is 5.73 Å². The van der Waals surface area contributed by atoms with E-state index >= 15 is 0 Å². The van der Waals surface area contributed by atoms with Gasteiger partial charge in [0.25, 0.3) is 0 Å². The maximum Gasteiger partial charge on any atom is 0.132 e. The molecule has 0 saturated heterocycles. The molecule has 0 aliphatic rings. The van der Waals surface area contributed by atoms with E-state index in [-0.39, 0.29) is 11.4 Å². The monoisotopic (exact) mass is 261 g/mol. The van der Waals surface area contributed by atoms with E-state index < -0.39 is 0 Å². The van der Waals surface area contributed by atoms with Crippen molar-refractivity contribution in [3.8, 4) is 11.3 Å². The van der Waals surface area contributed by atoms with Gasteiger partial charge in [-0.25, -0.2) is 9.37 Å². The lowest BCUT2D eigenvalue weighted by molar-refractivity contribution is 0.389. The Morgan fingerprint density at radius 3 is 2.47 bits per heavy atom. The predicted octanol–water partition coefficient (Wildman–Crippen LogP) is 3.59. The molecule has 2 aromatic rings. The zero-order chi connectivity index (χ0) is 14.2. The van der Waals surface area contributed by atoms with Crippen LogP contribution in [0, 0.1) is 5.82 Å². The smallest absolute Gasteiger partial charge is 0.132 e. The van der Waals surface area contributed by atoms with Gasteiger partial charge in [0.05, 0.1) is 0 Å². The number of hydrogen-bond donors (Lipinski definition) is 1. The van der Waals surface area contributed by atoms with Crippen molar-refractivity contribution >= 4 is 5.82 Å². The minimum Gasteiger partial charge on any atom is -0.383 e. The second-order valence-electron chi connectivity index (χ2n) is 5.63. The Morgan fingerprint density at radius 1 is 1.32 bits per heavy atom. The van der Waals surface area contributed by atoms with Gasteiger partial charge >= 0.3 is 0 Å². The Morgan fingerprint density at radius 2 is 2.00 bits per heavy atom. The Balaban J connectivity index is 2.64. The van der Waals surface area contributed by atoms with Crippen molar-refractivity contribution in [1.82, 2.24) is 9.55 Å². The lowest BCUT2D eigenvalue weighted by Gasteiger charge is -2.24. The van der Waals surface area contributed by atoms with Crippen LogP contribution in [-0.2, 0) is 12.0 Å². The summed E-state index contributed by atoms with van der Waals surface area (Å²) in [4.78, 5) is 4.58. The summed E-state index contributed by atoms with van der Waals surface area (Å²) >= 11 is 0. The molecule has 0 aliphatic heterocycles. The van der Waals surface area contributed by atoms with Gasteiger partial charge in [-0.2, -0.15) is 0 Å². The van der Waals surface area contributed by atoms with E-state index in [1.54, 1.807) is 6.07 Å². The Kier molecular flexibility index (Phi) is 3.35. The summed E-state index contributed by atoms with van der Waals surface area (Å²) < 4.78 is 15.4. The number of aryl methyl sites for hydroxylation is 1. The second-order valence-corrected chi connectivity index (χ2v) is 5.63. The highest BCUT2D eigenvalue weighted by atomic mass is 19.1. The SMILES string of the molecule is CCc1nc(-c2cccc(F)c2)c(N)n1C(C)(C)C. The molecule has 0 bridgehead atoms. The molecule has 102 valence electrons. The quantitative estimate of drug-likeness (QED) is 0.897. The molecule has 0 atom stereocenters. The molecule has 1 aromatic heterocycles. The van der Waals surface area contributed by atoms with Gasteiger partial charge in [-0.15, -0.1) is 0 Å². The average molecular weight is 261 g/mol. The summed E-state index contributed by atoms with van der Waals surface area (Å²) in [6, 6.07) is 6.38. The van der Waals surface area contributed by atoms with Gasteiger partial charge in [0.1, 0.15) is 23.2 Å². The number of nitrogens with zero attached hydrogens (tertiary/aromatic N) is 2. The largest absolute Gasteiger partial charge is 0.383 e. The standard InChI is InChI=1S/C15H20FN3/c1-5-12-18-13(10-7-6-8-11(16)9-10)14(17)19(12)15(2,3)4/h6-9H,5,17H2,1-4H3. The van der Waals surface area contributed by atoms with Gasteiger partial charge in [0.15, 0.2) is 0 Å². The third-order valence-electron chi connectivity index (χ3n) is 3.07. The zero-order valence-corrected chi connectivity index (χ0v) is 11.9. The summed E-state index contributed by atoms with van der Waals surface area (Å²) in [5, 5.41) is 0. The van der Waals surface area contributed by atoms with E-state index in [0.29, 0.717) is 11.5 Å². The zero-order valence-electron chi connectivity index (χ0n) is 11.9. The van der Waals surface area contributed by atoms with E-state index in [1.807, 2.05) is 17.6 Å². The third-order valence-corrected chi connectivity index (χ3v) is 3.07. The highest BCUT2D eigenvalue weighted by Crippen LogP contribution is 2.31. The summed E-state index contributed by atoms with van der Waals surface area (Å²) in [5.74, 6) is 1.24. The molecule has 0 radical (unpaired) electrons. The third kappa shape index (κ3) is 2.48. The number of rotatable bonds is 2. The second kappa shape index (κ2) is 4.68. The van der Waals surface area contributed by atoms with Crippen LogP contribution in [-0.4, -0.2) is 9.55 Å². The van der Waals surface area contributed by atoms with Crippen molar-refractivity contribution in [2.45, 2.75) is 39.7 Å². The average Bonchev–Trinajstić information content (AvgIpc) is 2.66. The lowest BCUT2D eigenvalue weighted by atomic mass is 10.1. The molecule has 1 heterocycles. The molecule has 0 spiro atoms. The number of nitrogen functional groups attached to an aromatic ring is 1. The topological polar surface area (TPSA) is 43.8 Å². The normalized spacial score (nSPS) is 11.8. The fourth-order valence-electron chi connectivity index (χ4n) is 2.32. The van der Waals surface area contributed by atoms with Crippen molar-refractivity contribution in [3.05, 3.63) is 35.9 Å². The van der Waals surface area contributed by atoms with Crippen LogP contribution in [0.1, 0.15) is 33.5 Å². The maximum atomic E-state index is 13.3. The molecule has 2 N–H and O–H groups in total. The lowest BCUT2D eigenvalue weighted by Crippen LogP contribution is -2.25. The number of imidazole rings is 1. The van der Waals surface area contributed by atoms with Crippen LogP contribution in [0.15, 0.2) is 24.3 Å². The molecule has 0 aliphatic carbocycles. The minimum atomic E-state index is -0.278. The van der Waals surface area contributed by atoms with Crippen LogP contribution in [0.4, 0.5) is 10.2 Å². The van der Waals surface area contributed by atoms with Crippen LogP contribution in [0.2, 0.25) is 0 Å². The number of aromatic nitrogens is 2. The van der Waals surface area contributed by atoms with Gasteiger partial charge in [-0.05, 0) is 32.9 Å². The van der Waals surface area contributed by atoms with Crippen LogP contribution >= 0.6 is 0 Å². The molecule has 4 heteroatoms. The summed E-state index contributed by atoms with van der Waals surface area (Å²) in [6.07, 6.45) is 0.788. The highest BCUT2D eigenvalue weighted by molar-refractivity contribution is 5.71. The summed E-state index contributed by atoms with van der Waals surface area (Å²) in [5.41, 5.74) is 7.46. The van der Waals surface area contributed by atoms with Crippen molar-refractivity contribution in [2.24, 2.45) is 0 Å². The fourth-order valence-corrected chi connectivity index (χ4v) is 2.32. The molecule has 0 fully saturated rings. The van der Waals surface area contributed by atoms with Crippen molar-refractivity contribution in [1.29, 1.82) is 0 Å². The first-order valence-corrected chi connectivity index (χ1v) is 6.48.